The van der Waals surface area contributed by atoms with Gasteiger partial charge in [-0.1, -0.05) is 303 Å². The van der Waals surface area contributed by atoms with E-state index in [4.69, 9.17) is 15.0 Å². The Balaban J connectivity index is 0.000000100. The molecule has 0 fully saturated rings. The van der Waals surface area contributed by atoms with Gasteiger partial charge < -0.3 is 36.5 Å². The molecule has 12 heteroatoms. The summed E-state index contributed by atoms with van der Waals surface area (Å²) in [4.78, 5) is 15.6. The molecule has 147 heavy (non-hydrogen) atoms. The first-order chi connectivity index (χ1) is 73.0. The van der Waals surface area contributed by atoms with Crippen molar-refractivity contribution in [2.24, 2.45) is 0 Å². The Morgan fingerprint density at radius 1 is 0.109 bits per heavy atom. The highest BCUT2D eigenvalue weighted by Gasteiger charge is 2.32. The number of hydrogen-bond donors (Lipinski definition) is 0. The molecule has 33 aromatic rings. The van der Waals surface area contributed by atoms with Gasteiger partial charge in [-0.25, -0.2) is 4.98 Å². The minimum atomic E-state index is 0.566. The summed E-state index contributed by atoms with van der Waals surface area (Å²) in [5.74, 6) is 1.82. The monoisotopic (exact) mass is 1870 g/mol. The zero-order valence-corrected chi connectivity index (χ0v) is 79.4. The third-order valence-corrected chi connectivity index (χ3v) is 30.6. The van der Waals surface area contributed by atoms with Gasteiger partial charge in [0.15, 0.2) is 11.6 Å². The van der Waals surface area contributed by atoms with E-state index in [0.717, 1.165) is 89.1 Å². The average molecular weight is 1870 g/mol. The lowest BCUT2D eigenvalue weighted by atomic mass is 9.94. The van der Waals surface area contributed by atoms with Gasteiger partial charge in [-0.15, -0.1) is 0 Å². The summed E-state index contributed by atoms with van der Waals surface area (Å²) in [6.07, 6.45) is 0. The first-order valence-electron chi connectivity index (χ1n) is 50.2. The van der Waals surface area contributed by atoms with Gasteiger partial charge in [0.05, 0.1) is 99.3 Å². The number of para-hydroxylation sites is 6. The van der Waals surface area contributed by atoms with Crippen LogP contribution in [0.2, 0.25) is 0 Å². The molecule has 0 bridgehead atoms. The number of benzene rings is 23. The molecule has 0 saturated heterocycles. The summed E-state index contributed by atoms with van der Waals surface area (Å²) in [5.41, 5.74) is 34.6. The van der Waals surface area contributed by atoms with E-state index in [9.17, 15) is 0 Å². The van der Waals surface area contributed by atoms with Crippen LogP contribution in [0.4, 0.5) is 0 Å². The van der Waals surface area contributed by atoms with Crippen LogP contribution in [0, 0.1) is 0 Å². The van der Waals surface area contributed by atoms with Crippen LogP contribution in [0.1, 0.15) is 0 Å². The maximum absolute atomic E-state index is 5.28. The van der Waals surface area contributed by atoms with Crippen LogP contribution in [-0.2, 0) is 0 Å². The quantitative estimate of drug-likeness (QED) is 0.114. The molecule has 0 unspecified atom stereocenters. The Morgan fingerprint density at radius 2 is 0.293 bits per heavy atom. The van der Waals surface area contributed by atoms with Crippen molar-refractivity contribution < 1.29 is 0 Å². The molecule has 12 nitrogen and oxygen atoms in total. The minimum Gasteiger partial charge on any atom is -0.309 e. The van der Waals surface area contributed by atoms with E-state index in [1.807, 2.05) is 36.4 Å². The van der Waals surface area contributed by atoms with Crippen molar-refractivity contribution >= 4 is 196 Å². The molecule has 0 atom stereocenters. The molecule has 0 radical (unpaired) electrons. The fourth-order valence-corrected chi connectivity index (χ4v) is 24.8. The van der Waals surface area contributed by atoms with Crippen LogP contribution in [0.15, 0.2) is 510 Å². The van der Waals surface area contributed by atoms with E-state index in [-0.39, 0.29) is 0 Å². The number of nitrogens with zero attached hydrogens (tertiary/aromatic N) is 12. The normalized spacial score (nSPS) is 12.1. The van der Waals surface area contributed by atoms with E-state index < -0.39 is 0 Å². The van der Waals surface area contributed by atoms with Gasteiger partial charge in [0.2, 0.25) is 5.95 Å². The second kappa shape index (κ2) is 32.3. The predicted molar refractivity (Wildman–Crippen MR) is 612 cm³/mol. The SMILES string of the molecule is c1ccc(-c2ccc(-n3c4cccc5c4c4c6c7c(cccc73)n(-c3ccccc3)c6ccc4n5-c3ccccc3)cc2)cc1.c1ccc(-c2nc(-c3ccccc3)nc(-n3c4cccc5c4c4c6c7c(cccc73)n(-c3ccccc3)c6ccc4n5-c3ccccc3)n2)cc1.c1ccc(-n2c3ccc4c5c3c3c2cccc3n(-c2ccc3c6ccccc6c6ccccc6c3c2)c2cccc(c52)n4-c2ccccc2)cc1. The molecule has 33 rings (SSSR count). The van der Waals surface area contributed by atoms with Crippen molar-refractivity contribution in [3.8, 4) is 85.4 Å². The van der Waals surface area contributed by atoms with Crippen LogP contribution < -0.4 is 0 Å². The Bertz CT molecular complexity index is 10500. The molecule has 0 spiro atoms. The molecule has 684 valence electrons. The topological polar surface area (TPSA) is 83.0 Å². The summed E-state index contributed by atoms with van der Waals surface area (Å²) in [5, 5.41) is 22.7. The van der Waals surface area contributed by atoms with E-state index >= 15 is 0 Å². The zero-order valence-electron chi connectivity index (χ0n) is 79.4. The van der Waals surface area contributed by atoms with Crippen molar-refractivity contribution in [1.29, 1.82) is 0 Å². The van der Waals surface area contributed by atoms with Crippen LogP contribution in [0.25, 0.3) is 282 Å². The Labute approximate surface area is 841 Å². The molecule has 10 heterocycles. The first-order valence-corrected chi connectivity index (χ1v) is 50.2. The number of fused-ring (bicyclic) bond motifs is 6. The third kappa shape index (κ3) is 12.1. The molecule has 0 N–H and O–H groups in total. The first kappa shape index (κ1) is 81.8. The maximum Gasteiger partial charge on any atom is 0.238 e. The van der Waals surface area contributed by atoms with E-state index in [1.165, 1.54) is 175 Å². The highest BCUT2D eigenvalue weighted by molar-refractivity contribution is 6.39. The van der Waals surface area contributed by atoms with Gasteiger partial charge in [-0.05, 0) is 250 Å². The molecule has 0 aliphatic heterocycles. The fourth-order valence-electron chi connectivity index (χ4n) is 24.8. The predicted octanol–water partition coefficient (Wildman–Crippen LogP) is 34.4. The van der Waals surface area contributed by atoms with Crippen LogP contribution in [0.3, 0.4) is 0 Å². The Kier molecular flexibility index (Phi) is 18.0. The molecule has 0 aliphatic rings. The minimum absolute atomic E-state index is 0.566. The molecular formula is C135H84N12. The molecule has 0 saturated carbocycles. The average Bonchev–Trinajstić information content (AvgIpc) is 1.53. The Morgan fingerprint density at radius 3 is 0.551 bits per heavy atom. The summed E-state index contributed by atoms with van der Waals surface area (Å²) in [7, 11) is 0. The van der Waals surface area contributed by atoms with Crippen molar-refractivity contribution in [3.05, 3.63) is 510 Å². The molecule has 0 amide bonds. The largest absolute Gasteiger partial charge is 0.309 e. The van der Waals surface area contributed by atoms with Gasteiger partial charge in [0.1, 0.15) is 0 Å². The third-order valence-electron chi connectivity index (χ3n) is 30.6. The molecule has 10 aromatic heterocycles. The zero-order chi connectivity index (χ0) is 96.2. The second-order valence-corrected chi connectivity index (χ2v) is 38.4. The molecular weight excluding hydrogens is 1790 g/mol. The van der Waals surface area contributed by atoms with Gasteiger partial charge >= 0.3 is 0 Å². The lowest BCUT2D eigenvalue weighted by molar-refractivity contribution is 0.951. The number of rotatable bonds is 12. The fraction of sp³-hybridized carbons (Fsp3) is 0. The Hall–Kier alpha value is -20.0. The highest BCUT2D eigenvalue weighted by Crippen LogP contribution is 2.53. The standard InChI is InChI=1S/C48H29N3.C45H28N6.C42H27N3/c1-3-13-30(14-4-1)49-39-21-11-23-41-45(39)47-43(49)27-28-44-48(47)46-40(50(44)31-15-5-2-6-16-31)22-12-24-42(46)51(41)32-25-26-37-35-19-8-7-17-33(35)34-18-9-10-20-36(34)38(37)29-32;1-5-15-29(16-6-1)43-46-44(30-17-7-2-8-18-30)48-45(47-43)51-35-25-13-23-33-39(35)41-37(49(33)31-19-9-3-10-20-31)27-28-38-42(41)40-34(24-14-26-36(40)51)50(38)32-21-11-4-12-22-32;1-4-12-28(13-5-1)29-22-24-32(25-23-29)45-35-20-10-18-33-39(35)41-37(43(33)30-14-6-2-7-15-30)26-27-38-42(41)40-34(19-11-21-36(40)45)44(38)31-16-8-3-9-17-31/h1-29H;1-28H;1-27H. The lowest BCUT2D eigenvalue weighted by Crippen LogP contribution is -2.07. The summed E-state index contributed by atoms with van der Waals surface area (Å²) in [6.45, 7) is 0. The van der Waals surface area contributed by atoms with Crippen LogP contribution in [0.5, 0.6) is 0 Å². The number of aromatic nitrogens is 12. The van der Waals surface area contributed by atoms with Crippen LogP contribution >= 0.6 is 0 Å². The maximum atomic E-state index is 5.28. The molecule has 0 aliphatic carbocycles. The summed E-state index contributed by atoms with van der Waals surface area (Å²) in [6, 6.07) is 183. The van der Waals surface area contributed by atoms with E-state index in [1.54, 1.807) is 0 Å². The van der Waals surface area contributed by atoms with Crippen molar-refractivity contribution in [3.63, 3.8) is 0 Å². The highest BCUT2D eigenvalue weighted by atomic mass is 15.2. The summed E-state index contributed by atoms with van der Waals surface area (Å²) >= 11 is 0. The van der Waals surface area contributed by atoms with Gasteiger partial charge in [0.25, 0.3) is 0 Å². The lowest BCUT2D eigenvalue weighted by Gasteiger charge is -2.16. The van der Waals surface area contributed by atoms with Crippen molar-refractivity contribution in [1.82, 2.24) is 56.1 Å². The van der Waals surface area contributed by atoms with Crippen LogP contribution in [-0.4, -0.2) is 56.1 Å². The van der Waals surface area contributed by atoms with E-state index in [2.05, 4.69) is 514 Å². The van der Waals surface area contributed by atoms with Crippen molar-refractivity contribution in [2.75, 3.05) is 0 Å². The van der Waals surface area contributed by atoms with Crippen molar-refractivity contribution in [2.45, 2.75) is 0 Å². The smallest absolute Gasteiger partial charge is 0.238 e. The summed E-state index contributed by atoms with van der Waals surface area (Å²) < 4.78 is 21.8. The number of hydrogen-bond acceptors (Lipinski definition) is 3. The van der Waals surface area contributed by atoms with Gasteiger partial charge in [0, 0.05) is 121 Å². The molecule has 23 aromatic carbocycles. The van der Waals surface area contributed by atoms with E-state index in [0.29, 0.717) is 17.6 Å². The second-order valence-electron chi connectivity index (χ2n) is 38.4. The van der Waals surface area contributed by atoms with Gasteiger partial charge in [-0.2, -0.15) is 9.97 Å². The van der Waals surface area contributed by atoms with Gasteiger partial charge in [-0.3, -0.25) is 4.57 Å².